The van der Waals surface area contributed by atoms with Gasteiger partial charge in [0.2, 0.25) is 5.91 Å². The van der Waals surface area contributed by atoms with Crippen molar-refractivity contribution in [2.24, 2.45) is 0 Å². The van der Waals surface area contributed by atoms with Crippen LogP contribution in [0.25, 0.3) is 0 Å². The molecule has 5 heteroatoms. The number of anilines is 1. The maximum absolute atomic E-state index is 11.2. The highest BCUT2D eigenvalue weighted by molar-refractivity contribution is 5.73. The molecule has 150 valence electrons. The van der Waals surface area contributed by atoms with Crippen LogP contribution in [0.15, 0.2) is 42.5 Å². The molecule has 1 aliphatic rings. The highest BCUT2D eigenvalue weighted by atomic mass is 16.5. The molecular weight excluding hydrogens is 352 g/mol. The summed E-state index contributed by atoms with van der Waals surface area (Å²) in [6.07, 6.45) is 1.17. The van der Waals surface area contributed by atoms with Crippen LogP contribution >= 0.6 is 0 Å². The molecule has 0 aliphatic carbocycles. The zero-order chi connectivity index (χ0) is 20.1. The average Bonchev–Trinajstić information content (AvgIpc) is 3.10. The van der Waals surface area contributed by atoms with Gasteiger partial charge < -0.3 is 19.7 Å². The highest BCUT2D eigenvalue weighted by Crippen LogP contribution is 2.29. The Morgan fingerprint density at radius 2 is 1.93 bits per heavy atom. The molecule has 5 nitrogen and oxygen atoms in total. The molecule has 0 unspecified atom stereocenters. The third-order valence-electron chi connectivity index (χ3n) is 5.07. The summed E-state index contributed by atoms with van der Waals surface area (Å²) in [4.78, 5) is 13.6. The maximum Gasteiger partial charge on any atom is 0.217 e. The van der Waals surface area contributed by atoms with Crippen LogP contribution in [0.2, 0.25) is 0 Å². The second kappa shape index (κ2) is 9.00. The van der Waals surface area contributed by atoms with Crippen molar-refractivity contribution in [3.63, 3.8) is 0 Å². The van der Waals surface area contributed by atoms with Crippen LogP contribution < -0.4 is 19.7 Å². The number of amides is 1. The lowest BCUT2D eigenvalue weighted by Crippen LogP contribution is -2.25. The minimum atomic E-state index is -0.0246. The van der Waals surface area contributed by atoms with Gasteiger partial charge in [0.1, 0.15) is 17.6 Å². The Hall–Kier alpha value is -2.69. The minimum absolute atomic E-state index is 0.00356. The molecule has 2 aromatic carbocycles. The molecule has 1 aliphatic heterocycles. The lowest BCUT2D eigenvalue weighted by Gasteiger charge is -2.22. The van der Waals surface area contributed by atoms with Gasteiger partial charge in [-0.3, -0.25) is 4.79 Å². The first-order valence-corrected chi connectivity index (χ1v) is 9.98. The van der Waals surface area contributed by atoms with Gasteiger partial charge in [0.25, 0.3) is 0 Å². The van der Waals surface area contributed by atoms with Crippen LogP contribution in [0.1, 0.15) is 44.4 Å². The molecule has 0 aromatic heterocycles. The van der Waals surface area contributed by atoms with Crippen LogP contribution in [0.3, 0.4) is 0 Å². The second-order valence-electron chi connectivity index (χ2n) is 7.35. The molecule has 0 radical (unpaired) electrons. The van der Waals surface area contributed by atoms with Gasteiger partial charge in [-0.1, -0.05) is 12.1 Å². The number of benzene rings is 2. The number of carbonyl (C=O) groups excluding carboxylic acids is 1. The predicted molar refractivity (Wildman–Crippen MR) is 112 cm³/mol. The predicted octanol–water partition coefficient (Wildman–Crippen LogP) is 4.25. The Kier molecular flexibility index (Phi) is 6.45. The monoisotopic (exact) mass is 382 g/mol. The lowest BCUT2D eigenvalue weighted by molar-refractivity contribution is -0.119. The number of ether oxygens (including phenoxy) is 2. The van der Waals surface area contributed by atoms with Crippen molar-refractivity contribution in [2.75, 3.05) is 24.6 Å². The Labute approximate surface area is 167 Å². The first-order valence-electron chi connectivity index (χ1n) is 9.98. The van der Waals surface area contributed by atoms with Gasteiger partial charge in [-0.05, 0) is 62.2 Å². The molecule has 2 atom stereocenters. The zero-order valence-electron chi connectivity index (χ0n) is 17.2. The SMILES string of the molecule is CCOc1ccc(N2CC[C@@H](Oc3ccc([C@H](C)NC(C)=O)cc3)C2)c(C)c1. The molecular formula is C23H30N2O3. The van der Waals surface area contributed by atoms with Crippen molar-refractivity contribution >= 4 is 11.6 Å². The van der Waals surface area contributed by atoms with E-state index in [1.54, 1.807) is 0 Å². The summed E-state index contributed by atoms with van der Waals surface area (Å²) >= 11 is 0. The second-order valence-corrected chi connectivity index (χ2v) is 7.35. The van der Waals surface area contributed by atoms with Gasteiger partial charge in [0.15, 0.2) is 0 Å². The molecule has 0 spiro atoms. The zero-order valence-corrected chi connectivity index (χ0v) is 17.2. The third-order valence-corrected chi connectivity index (χ3v) is 5.07. The van der Waals surface area contributed by atoms with E-state index in [4.69, 9.17) is 9.47 Å². The van der Waals surface area contributed by atoms with Gasteiger partial charge in [0.05, 0.1) is 19.2 Å². The van der Waals surface area contributed by atoms with Gasteiger partial charge in [-0.2, -0.15) is 0 Å². The normalized spacial score (nSPS) is 17.3. The molecule has 0 bridgehead atoms. The number of hydrogen-bond acceptors (Lipinski definition) is 4. The summed E-state index contributed by atoms with van der Waals surface area (Å²) in [6, 6.07) is 14.3. The van der Waals surface area contributed by atoms with Crippen molar-refractivity contribution in [1.29, 1.82) is 0 Å². The Morgan fingerprint density at radius 1 is 1.21 bits per heavy atom. The molecule has 28 heavy (non-hydrogen) atoms. The quantitative estimate of drug-likeness (QED) is 0.778. The van der Waals surface area contributed by atoms with E-state index in [2.05, 4.69) is 29.3 Å². The molecule has 1 heterocycles. The van der Waals surface area contributed by atoms with Crippen molar-refractivity contribution < 1.29 is 14.3 Å². The molecule has 1 fully saturated rings. The Morgan fingerprint density at radius 3 is 2.57 bits per heavy atom. The molecule has 1 saturated heterocycles. The van der Waals surface area contributed by atoms with Crippen molar-refractivity contribution in [2.45, 2.75) is 46.3 Å². The topological polar surface area (TPSA) is 50.8 Å². The average molecular weight is 383 g/mol. The fourth-order valence-corrected chi connectivity index (χ4v) is 3.70. The molecule has 1 N–H and O–H groups in total. The highest BCUT2D eigenvalue weighted by Gasteiger charge is 2.25. The van der Waals surface area contributed by atoms with Gasteiger partial charge in [-0.15, -0.1) is 0 Å². The number of nitrogens with one attached hydrogen (secondary N) is 1. The summed E-state index contributed by atoms with van der Waals surface area (Å²) < 4.78 is 11.8. The van der Waals surface area contributed by atoms with Crippen LogP contribution in [-0.4, -0.2) is 31.7 Å². The van der Waals surface area contributed by atoms with Crippen molar-refractivity contribution in [3.8, 4) is 11.5 Å². The van der Waals surface area contributed by atoms with Crippen LogP contribution in [-0.2, 0) is 4.79 Å². The first kappa shape index (κ1) is 20.1. The lowest BCUT2D eigenvalue weighted by atomic mass is 10.1. The number of nitrogens with zero attached hydrogens (tertiary/aromatic N) is 1. The largest absolute Gasteiger partial charge is 0.494 e. The number of hydrogen-bond donors (Lipinski definition) is 1. The Balaban J connectivity index is 1.58. The summed E-state index contributed by atoms with van der Waals surface area (Å²) in [5, 5.41) is 2.90. The van der Waals surface area contributed by atoms with Crippen molar-refractivity contribution in [3.05, 3.63) is 53.6 Å². The van der Waals surface area contributed by atoms with Crippen LogP contribution in [0.4, 0.5) is 5.69 Å². The summed E-state index contributed by atoms with van der Waals surface area (Å²) in [5.74, 6) is 1.77. The maximum atomic E-state index is 11.2. The van der Waals surface area contributed by atoms with Crippen molar-refractivity contribution in [1.82, 2.24) is 5.32 Å². The Bertz CT molecular complexity index is 804. The van der Waals surface area contributed by atoms with E-state index < -0.39 is 0 Å². The molecule has 1 amide bonds. The van der Waals surface area contributed by atoms with E-state index in [0.29, 0.717) is 6.61 Å². The molecule has 0 saturated carbocycles. The fourth-order valence-electron chi connectivity index (χ4n) is 3.70. The minimum Gasteiger partial charge on any atom is -0.494 e. The number of aryl methyl sites for hydroxylation is 1. The van der Waals surface area contributed by atoms with E-state index in [1.165, 1.54) is 18.2 Å². The smallest absolute Gasteiger partial charge is 0.217 e. The summed E-state index contributed by atoms with van der Waals surface area (Å²) in [5.41, 5.74) is 3.54. The molecule has 3 rings (SSSR count). The van der Waals surface area contributed by atoms with E-state index in [9.17, 15) is 4.79 Å². The first-order chi connectivity index (χ1) is 13.5. The number of carbonyl (C=O) groups is 1. The summed E-state index contributed by atoms with van der Waals surface area (Å²) in [6.45, 7) is 10.2. The van der Waals surface area contributed by atoms with Crippen LogP contribution in [0.5, 0.6) is 11.5 Å². The molecule has 2 aromatic rings. The van der Waals surface area contributed by atoms with E-state index in [-0.39, 0.29) is 18.1 Å². The summed E-state index contributed by atoms with van der Waals surface area (Å²) in [7, 11) is 0. The van der Waals surface area contributed by atoms with Crippen LogP contribution in [0, 0.1) is 6.92 Å². The van der Waals surface area contributed by atoms with E-state index >= 15 is 0 Å². The van der Waals surface area contributed by atoms with Gasteiger partial charge in [-0.25, -0.2) is 0 Å². The standard InChI is InChI=1S/C23H30N2O3/c1-5-27-21-10-11-23(16(2)14-21)25-13-12-22(15-25)28-20-8-6-19(7-9-20)17(3)24-18(4)26/h6-11,14,17,22H,5,12-13,15H2,1-4H3,(H,24,26)/t17-,22+/m0/s1. The van der Waals surface area contributed by atoms with Gasteiger partial charge >= 0.3 is 0 Å². The number of rotatable bonds is 7. The third kappa shape index (κ3) is 4.97. The van der Waals surface area contributed by atoms with E-state index in [1.807, 2.05) is 44.2 Å². The fraction of sp³-hybridized carbons (Fsp3) is 0.435. The van der Waals surface area contributed by atoms with E-state index in [0.717, 1.165) is 36.6 Å². The van der Waals surface area contributed by atoms with Gasteiger partial charge in [0, 0.05) is 25.6 Å².